The van der Waals surface area contributed by atoms with Crippen LogP contribution in [-0.4, -0.2) is 51.0 Å². The number of benzene rings is 1. The molecule has 160 valence electrons. The monoisotopic (exact) mass is 435 g/mol. The lowest BCUT2D eigenvalue weighted by molar-refractivity contribution is 0.233. The lowest BCUT2D eigenvalue weighted by Crippen LogP contribution is -2.42. The Morgan fingerprint density at radius 2 is 1.77 bits per heavy atom. The number of anilines is 2. The molecule has 1 aliphatic rings. The minimum absolute atomic E-state index is 0. The van der Waals surface area contributed by atoms with E-state index < -0.39 is 0 Å². The Bertz CT molecular complexity index is 1170. The number of nitrogens with zero attached hydrogens (tertiary/aromatic N) is 4. The van der Waals surface area contributed by atoms with Crippen LogP contribution >= 0.6 is 12.4 Å². The van der Waals surface area contributed by atoms with Crippen molar-refractivity contribution in [1.82, 2.24) is 30.2 Å². The summed E-state index contributed by atoms with van der Waals surface area (Å²) in [5, 5.41) is 6.71. The summed E-state index contributed by atoms with van der Waals surface area (Å²) in [6.45, 7) is 7.20. The molecule has 0 amide bonds. The van der Waals surface area contributed by atoms with Gasteiger partial charge in [0, 0.05) is 50.8 Å². The summed E-state index contributed by atoms with van der Waals surface area (Å²) < 4.78 is 0. The molecule has 1 aromatic carbocycles. The van der Waals surface area contributed by atoms with Gasteiger partial charge in [-0.15, -0.1) is 12.4 Å². The highest BCUT2D eigenvalue weighted by Gasteiger charge is 2.11. The first kappa shape index (κ1) is 21.2. The van der Waals surface area contributed by atoms with Gasteiger partial charge in [0.05, 0.1) is 11.0 Å². The summed E-state index contributed by atoms with van der Waals surface area (Å²) in [5.41, 5.74) is 6.45. The van der Waals surface area contributed by atoms with Crippen molar-refractivity contribution < 1.29 is 0 Å². The summed E-state index contributed by atoms with van der Waals surface area (Å²) in [5.74, 6) is 1.49. The molecule has 7 nitrogen and oxygen atoms in total. The molecule has 0 bridgehead atoms. The summed E-state index contributed by atoms with van der Waals surface area (Å²) in [4.78, 5) is 19.2. The Labute approximate surface area is 187 Å². The molecule has 4 heterocycles. The lowest BCUT2D eigenvalue weighted by atomic mass is 10.1. The van der Waals surface area contributed by atoms with E-state index in [1.54, 1.807) is 0 Å². The fraction of sp³-hybridized carbons (Fsp3) is 0.261. The summed E-state index contributed by atoms with van der Waals surface area (Å²) >= 11 is 0. The van der Waals surface area contributed by atoms with Crippen molar-refractivity contribution in [2.24, 2.45) is 0 Å². The van der Waals surface area contributed by atoms with E-state index in [1.807, 2.05) is 31.5 Å². The first-order valence-electron chi connectivity index (χ1n) is 10.3. The number of hydrogen-bond acceptors (Lipinski definition) is 6. The van der Waals surface area contributed by atoms with Crippen LogP contribution in [0.4, 0.5) is 11.8 Å². The summed E-state index contributed by atoms with van der Waals surface area (Å²) in [6, 6.07) is 14.5. The molecule has 4 aromatic rings. The Balaban J connectivity index is 0.00000231. The number of piperazine rings is 1. The van der Waals surface area contributed by atoms with Gasteiger partial charge in [-0.25, -0.2) is 9.97 Å². The van der Waals surface area contributed by atoms with E-state index in [2.05, 4.69) is 65.8 Å². The van der Waals surface area contributed by atoms with Gasteiger partial charge in [0.2, 0.25) is 5.95 Å². The van der Waals surface area contributed by atoms with Gasteiger partial charge in [-0.1, -0.05) is 6.07 Å². The van der Waals surface area contributed by atoms with Crippen LogP contribution in [0, 0.1) is 6.92 Å². The van der Waals surface area contributed by atoms with E-state index >= 15 is 0 Å². The molecule has 8 heteroatoms. The first-order valence-corrected chi connectivity index (χ1v) is 10.3. The number of rotatable bonds is 5. The Hall–Kier alpha value is -3.00. The van der Waals surface area contributed by atoms with Crippen LogP contribution in [0.1, 0.15) is 11.3 Å². The number of hydrogen-bond donors (Lipinski definition) is 3. The third-order valence-electron chi connectivity index (χ3n) is 5.40. The molecule has 31 heavy (non-hydrogen) atoms. The number of H-pyrrole nitrogens is 1. The second kappa shape index (κ2) is 9.43. The third kappa shape index (κ3) is 5.02. The maximum absolute atomic E-state index is 4.67. The Kier molecular flexibility index (Phi) is 6.46. The van der Waals surface area contributed by atoms with Gasteiger partial charge in [-0.3, -0.25) is 9.88 Å². The zero-order valence-electron chi connectivity index (χ0n) is 17.4. The Morgan fingerprint density at radius 1 is 0.968 bits per heavy atom. The summed E-state index contributed by atoms with van der Waals surface area (Å²) in [6.07, 6.45) is 3.69. The standard InChI is InChI=1S/C23H25N7.ClH/c1-16-12-19(5-7-25-16)18-2-3-20-21(14-18)28-23(27-20)29-22-13-17(4-6-26-22)15-30-10-8-24-9-11-30;/h2-7,12-14,24H,8-11,15H2,1H3,(H2,26,27,28,29);1H. The van der Waals surface area contributed by atoms with Gasteiger partial charge < -0.3 is 15.6 Å². The third-order valence-corrected chi connectivity index (χ3v) is 5.40. The zero-order valence-corrected chi connectivity index (χ0v) is 18.2. The summed E-state index contributed by atoms with van der Waals surface area (Å²) in [7, 11) is 0. The number of halogens is 1. The van der Waals surface area contributed by atoms with Crippen LogP contribution in [0.25, 0.3) is 22.2 Å². The molecule has 0 radical (unpaired) electrons. The lowest BCUT2D eigenvalue weighted by Gasteiger charge is -2.27. The normalized spacial score (nSPS) is 14.4. The van der Waals surface area contributed by atoms with E-state index in [4.69, 9.17) is 0 Å². The van der Waals surface area contributed by atoms with E-state index in [-0.39, 0.29) is 12.4 Å². The molecule has 1 aliphatic heterocycles. The number of aromatic nitrogens is 4. The van der Waals surface area contributed by atoms with E-state index in [0.29, 0.717) is 5.95 Å². The fourth-order valence-corrected chi connectivity index (χ4v) is 3.86. The predicted molar refractivity (Wildman–Crippen MR) is 127 cm³/mol. The Morgan fingerprint density at radius 3 is 2.61 bits per heavy atom. The molecule has 0 saturated carbocycles. The molecular formula is C23H26ClN7. The van der Waals surface area contributed by atoms with Crippen LogP contribution in [0.5, 0.6) is 0 Å². The first-order chi connectivity index (χ1) is 14.7. The topological polar surface area (TPSA) is 81.8 Å². The van der Waals surface area contributed by atoms with Crippen molar-refractivity contribution >= 4 is 35.2 Å². The molecule has 0 spiro atoms. The maximum atomic E-state index is 4.67. The second-order valence-corrected chi connectivity index (χ2v) is 7.70. The molecule has 0 atom stereocenters. The molecule has 3 N–H and O–H groups in total. The van der Waals surface area contributed by atoms with Crippen molar-refractivity contribution in [3.63, 3.8) is 0 Å². The number of imidazole rings is 1. The van der Waals surface area contributed by atoms with Gasteiger partial charge in [0.1, 0.15) is 5.82 Å². The number of aryl methyl sites for hydroxylation is 1. The molecule has 1 fully saturated rings. The van der Waals surface area contributed by atoms with Crippen molar-refractivity contribution in [2.75, 3.05) is 31.5 Å². The highest BCUT2D eigenvalue weighted by Crippen LogP contribution is 2.25. The predicted octanol–water partition coefficient (Wildman–Crippen LogP) is 3.90. The van der Waals surface area contributed by atoms with Gasteiger partial charge in [0.25, 0.3) is 0 Å². The fourth-order valence-electron chi connectivity index (χ4n) is 3.86. The molecule has 1 saturated heterocycles. The molecule has 0 aliphatic carbocycles. The average molecular weight is 436 g/mol. The zero-order chi connectivity index (χ0) is 20.3. The van der Waals surface area contributed by atoms with Gasteiger partial charge in [0.15, 0.2) is 0 Å². The highest BCUT2D eigenvalue weighted by molar-refractivity contribution is 5.85. The minimum Gasteiger partial charge on any atom is -0.324 e. The van der Waals surface area contributed by atoms with Crippen molar-refractivity contribution in [1.29, 1.82) is 0 Å². The minimum atomic E-state index is 0. The quantitative estimate of drug-likeness (QED) is 0.441. The second-order valence-electron chi connectivity index (χ2n) is 7.70. The molecule has 3 aromatic heterocycles. The molecule has 5 rings (SSSR count). The number of fused-ring (bicyclic) bond motifs is 1. The number of nitrogens with one attached hydrogen (secondary N) is 3. The van der Waals surface area contributed by atoms with Crippen LogP contribution in [0.3, 0.4) is 0 Å². The highest BCUT2D eigenvalue weighted by atomic mass is 35.5. The number of aromatic amines is 1. The van der Waals surface area contributed by atoms with E-state index in [1.165, 1.54) is 5.56 Å². The van der Waals surface area contributed by atoms with Gasteiger partial charge >= 0.3 is 0 Å². The van der Waals surface area contributed by atoms with Crippen molar-refractivity contribution in [2.45, 2.75) is 13.5 Å². The van der Waals surface area contributed by atoms with Crippen LogP contribution < -0.4 is 10.6 Å². The smallest absolute Gasteiger partial charge is 0.206 e. The van der Waals surface area contributed by atoms with Gasteiger partial charge in [-0.05, 0) is 60.0 Å². The van der Waals surface area contributed by atoms with Crippen LogP contribution in [0.2, 0.25) is 0 Å². The average Bonchev–Trinajstić information content (AvgIpc) is 3.16. The maximum Gasteiger partial charge on any atom is 0.206 e. The van der Waals surface area contributed by atoms with Crippen LogP contribution in [-0.2, 0) is 6.54 Å². The van der Waals surface area contributed by atoms with E-state index in [9.17, 15) is 0 Å². The van der Waals surface area contributed by atoms with Crippen molar-refractivity contribution in [3.8, 4) is 11.1 Å². The largest absolute Gasteiger partial charge is 0.324 e. The van der Waals surface area contributed by atoms with E-state index in [0.717, 1.165) is 66.4 Å². The van der Waals surface area contributed by atoms with Crippen molar-refractivity contribution in [3.05, 3.63) is 66.1 Å². The number of pyridine rings is 2. The molecular weight excluding hydrogens is 410 g/mol. The van der Waals surface area contributed by atoms with Gasteiger partial charge in [-0.2, -0.15) is 0 Å². The van der Waals surface area contributed by atoms with Crippen LogP contribution in [0.15, 0.2) is 54.9 Å². The SMILES string of the molecule is Cc1cc(-c2ccc3nc(Nc4cc(CN5CCNCC5)ccn4)[nH]c3c2)ccn1.Cl. The molecule has 0 unspecified atom stereocenters.